The lowest BCUT2D eigenvalue weighted by molar-refractivity contribution is -0.894. The minimum absolute atomic E-state index is 0.214. The van der Waals surface area contributed by atoms with E-state index in [1.165, 1.54) is 26.7 Å². The first-order chi connectivity index (χ1) is 14.4. The minimum atomic E-state index is -0.568. The highest BCUT2D eigenvalue weighted by Gasteiger charge is 2.17. The largest absolute Gasteiger partial charge is 0.846 e. The highest BCUT2D eigenvalue weighted by Crippen LogP contribution is 2.25. The van der Waals surface area contributed by atoms with E-state index in [1.54, 1.807) is 12.0 Å². The molecule has 0 fully saturated rings. The zero-order valence-corrected chi connectivity index (χ0v) is 18.9. The Morgan fingerprint density at radius 1 is 1.03 bits per heavy atom. The van der Waals surface area contributed by atoms with Crippen LogP contribution in [0.5, 0.6) is 11.8 Å². The molecule has 0 atom stereocenters. The van der Waals surface area contributed by atoms with Crippen molar-refractivity contribution in [2.75, 3.05) is 26.7 Å². The van der Waals surface area contributed by atoms with Crippen LogP contribution in [0.25, 0.3) is 22.6 Å². The number of nitrogens with one attached hydrogen (secondary N) is 1. The lowest BCUT2D eigenvalue weighted by Gasteiger charge is -2.11. The van der Waals surface area contributed by atoms with E-state index in [4.69, 9.17) is 4.74 Å². The number of rotatable bonds is 7. The molecule has 0 aliphatic carbocycles. The lowest BCUT2D eigenvalue weighted by atomic mass is 10.2. The van der Waals surface area contributed by atoms with E-state index in [1.807, 2.05) is 35.8 Å². The molecule has 0 aliphatic rings. The monoisotopic (exact) mass is 415 g/mol. The number of benzene rings is 1. The third kappa shape index (κ3) is 4.99. The Labute approximate surface area is 177 Å². The number of hydrogen-bond acceptors (Lipinski definition) is 5. The van der Waals surface area contributed by atoms with E-state index >= 15 is 0 Å². The van der Waals surface area contributed by atoms with Gasteiger partial charge in [0.15, 0.2) is 11.2 Å². The molecule has 8 nitrogen and oxygen atoms in total. The Kier molecular flexibility index (Phi) is 8.41. The average Bonchev–Trinajstić information content (AvgIpc) is 3.12. The van der Waals surface area contributed by atoms with Gasteiger partial charge in [0.2, 0.25) is 0 Å². The molecule has 1 N–H and O–H groups in total. The molecule has 0 bridgehead atoms. The molecule has 0 spiro atoms. The Bertz CT molecular complexity index is 999. The van der Waals surface area contributed by atoms with Crippen molar-refractivity contribution in [3.8, 4) is 23.1 Å². The molecule has 0 radical (unpaired) electrons. The quantitative estimate of drug-likeness (QED) is 0.627. The number of ether oxygens (including phenoxy) is 1. The van der Waals surface area contributed by atoms with Crippen molar-refractivity contribution >= 4 is 11.2 Å². The Hall–Kier alpha value is -2.87. The summed E-state index contributed by atoms with van der Waals surface area (Å²) in [5.41, 5.74) is 0.966. The molecular weight excluding hydrogens is 382 g/mol. The number of aryl methyl sites for hydroxylation is 1. The van der Waals surface area contributed by atoms with E-state index in [0.717, 1.165) is 22.3 Å². The van der Waals surface area contributed by atoms with Crippen LogP contribution in [-0.4, -0.2) is 45.8 Å². The van der Waals surface area contributed by atoms with Gasteiger partial charge in [-0.2, -0.15) is 0 Å². The van der Waals surface area contributed by atoms with E-state index in [-0.39, 0.29) is 5.52 Å². The molecule has 8 heteroatoms. The van der Waals surface area contributed by atoms with Gasteiger partial charge in [0.25, 0.3) is 5.56 Å². The summed E-state index contributed by atoms with van der Waals surface area (Å²) in [6.07, 6.45) is 0.833. The zero-order valence-electron chi connectivity index (χ0n) is 18.9. The molecule has 30 heavy (non-hydrogen) atoms. The van der Waals surface area contributed by atoms with E-state index < -0.39 is 11.6 Å². The van der Waals surface area contributed by atoms with Gasteiger partial charge in [0.1, 0.15) is 11.6 Å². The van der Waals surface area contributed by atoms with E-state index in [2.05, 4.69) is 30.7 Å². The summed E-state index contributed by atoms with van der Waals surface area (Å²) in [6.45, 7) is 13.1. The van der Waals surface area contributed by atoms with Crippen LogP contribution in [0.3, 0.4) is 0 Å². The number of methoxy groups -OCH3 is 1. The van der Waals surface area contributed by atoms with Crippen LogP contribution in [0.2, 0.25) is 0 Å². The number of hydrogen-bond donors (Lipinski definition) is 1. The van der Waals surface area contributed by atoms with Crippen LogP contribution in [-0.2, 0) is 13.6 Å². The first-order valence-electron chi connectivity index (χ1n) is 10.5. The average molecular weight is 416 g/mol. The maximum Gasteiger partial charge on any atom is 0.280 e. The van der Waals surface area contributed by atoms with Gasteiger partial charge in [0.05, 0.1) is 32.8 Å². The second-order valence-corrected chi connectivity index (χ2v) is 7.06. The SMILES string of the molecule is CCCn1c(-c2ccc(OC)cc2)nc2c(=O)n(C)c([O-])nc21.CC[NH+](CC)CC. The molecule has 0 unspecified atom stereocenters. The number of imidazole rings is 1. The van der Waals surface area contributed by atoms with Gasteiger partial charge in [-0.05, 0) is 51.5 Å². The van der Waals surface area contributed by atoms with Gasteiger partial charge in [-0.3, -0.25) is 4.79 Å². The second-order valence-electron chi connectivity index (χ2n) is 7.06. The topological polar surface area (TPSA) is 89.4 Å². The summed E-state index contributed by atoms with van der Waals surface area (Å²) in [7, 11) is 3.01. The Morgan fingerprint density at radius 2 is 1.63 bits per heavy atom. The Morgan fingerprint density at radius 3 is 2.10 bits per heavy atom. The lowest BCUT2D eigenvalue weighted by Crippen LogP contribution is -3.11. The van der Waals surface area contributed by atoms with Gasteiger partial charge >= 0.3 is 0 Å². The minimum Gasteiger partial charge on any atom is -0.846 e. The summed E-state index contributed by atoms with van der Waals surface area (Å²) >= 11 is 0. The third-order valence-electron chi connectivity index (χ3n) is 5.23. The number of aromatic nitrogens is 4. The fourth-order valence-corrected chi connectivity index (χ4v) is 3.26. The molecule has 0 saturated carbocycles. The van der Waals surface area contributed by atoms with Crippen molar-refractivity contribution in [3.05, 3.63) is 34.6 Å². The second kappa shape index (κ2) is 10.8. The van der Waals surface area contributed by atoms with Crippen LogP contribution >= 0.6 is 0 Å². The van der Waals surface area contributed by atoms with Gasteiger partial charge in [-0.25, -0.2) is 9.97 Å². The summed E-state index contributed by atoms with van der Waals surface area (Å²) < 4.78 is 7.95. The Balaban J connectivity index is 0.000000396. The summed E-state index contributed by atoms with van der Waals surface area (Å²) in [5, 5.41) is 11.8. The first-order valence-corrected chi connectivity index (χ1v) is 10.5. The van der Waals surface area contributed by atoms with Gasteiger partial charge in [-0.1, -0.05) is 6.92 Å². The zero-order chi connectivity index (χ0) is 22.3. The molecule has 2 heterocycles. The molecule has 3 aromatic rings. The van der Waals surface area contributed by atoms with Crippen molar-refractivity contribution in [3.63, 3.8) is 0 Å². The predicted molar refractivity (Wildman–Crippen MR) is 117 cm³/mol. The van der Waals surface area contributed by atoms with E-state index in [9.17, 15) is 9.90 Å². The highest BCUT2D eigenvalue weighted by molar-refractivity contribution is 5.77. The van der Waals surface area contributed by atoms with E-state index in [0.29, 0.717) is 18.0 Å². The van der Waals surface area contributed by atoms with Crippen molar-refractivity contribution in [1.29, 1.82) is 0 Å². The van der Waals surface area contributed by atoms with Gasteiger partial charge in [-0.15, -0.1) is 0 Å². The normalized spacial score (nSPS) is 10.9. The molecule has 2 aromatic heterocycles. The van der Waals surface area contributed by atoms with Gasteiger partial charge in [0, 0.05) is 19.2 Å². The fraction of sp³-hybridized carbons (Fsp3) is 0.500. The van der Waals surface area contributed by atoms with Gasteiger partial charge < -0.3 is 23.9 Å². The standard InChI is InChI=1S/C16H18N4O3.C6H15N/c1-4-9-20-13(10-5-7-11(23-3)8-6-10)17-12-14(20)18-16(22)19(2)15(12)21;1-4-7(5-2)6-3/h5-8H,4,9H2,1-3H3,(H,18,22);4-6H2,1-3H3. The fourth-order valence-electron chi connectivity index (χ4n) is 3.26. The van der Waals surface area contributed by atoms with Crippen molar-refractivity contribution in [2.24, 2.45) is 7.05 Å². The number of nitrogens with zero attached hydrogens (tertiary/aromatic N) is 4. The smallest absolute Gasteiger partial charge is 0.280 e. The molecule has 164 valence electrons. The summed E-state index contributed by atoms with van der Waals surface area (Å²) in [6, 6.07) is 6.83. The molecular formula is C22H33N5O3. The summed E-state index contributed by atoms with van der Waals surface area (Å²) in [4.78, 5) is 22.4. The van der Waals surface area contributed by atoms with Crippen LogP contribution in [0.15, 0.2) is 29.1 Å². The van der Waals surface area contributed by atoms with Crippen molar-refractivity contribution < 1.29 is 14.7 Å². The first kappa shape index (κ1) is 23.4. The maximum absolute atomic E-state index is 12.3. The van der Waals surface area contributed by atoms with Crippen LogP contribution < -0.4 is 20.3 Å². The van der Waals surface area contributed by atoms with Crippen LogP contribution in [0, 0.1) is 0 Å². The predicted octanol–water partition coefficient (Wildman–Crippen LogP) is 1.22. The number of quaternary nitrogens is 1. The molecule has 0 aliphatic heterocycles. The molecule has 0 saturated heterocycles. The van der Waals surface area contributed by atoms with Crippen LogP contribution in [0.4, 0.5) is 0 Å². The number of fused-ring (bicyclic) bond motifs is 1. The summed E-state index contributed by atoms with van der Waals surface area (Å²) in [5.74, 6) is 1.36. The molecule has 0 amide bonds. The van der Waals surface area contributed by atoms with Crippen molar-refractivity contribution in [1.82, 2.24) is 19.1 Å². The molecule has 1 aromatic carbocycles. The highest BCUT2D eigenvalue weighted by atomic mass is 16.5. The van der Waals surface area contributed by atoms with Crippen LogP contribution in [0.1, 0.15) is 34.1 Å². The third-order valence-corrected chi connectivity index (χ3v) is 5.23. The molecule has 3 rings (SSSR count). The maximum atomic E-state index is 12.3. The van der Waals surface area contributed by atoms with Crippen molar-refractivity contribution in [2.45, 2.75) is 40.7 Å².